The van der Waals surface area contributed by atoms with Gasteiger partial charge in [0.2, 0.25) is 0 Å². The summed E-state index contributed by atoms with van der Waals surface area (Å²) in [5.74, 6) is 0.168. The highest BCUT2D eigenvalue weighted by Gasteiger charge is 2.13. The summed E-state index contributed by atoms with van der Waals surface area (Å²) >= 11 is 0. The first-order valence-electron chi connectivity index (χ1n) is 6.41. The molecular weight excluding hydrogens is 268 g/mol. The Kier molecular flexibility index (Phi) is 3.23. The maximum Gasteiger partial charge on any atom is 0.277 e. The van der Waals surface area contributed by atoms with Crippen molar-refractivity contribution in [1.29, 1.82) is 0 Å². The van der Waals surface area contributed by atoms with Crippen LogP contribution >= 0.6 is 0 Å². The highest BCUT2D eigenvalue weighted by Crippen LogP contribution is 2.18. The average molecular weight is 282 g/mol. The summed E-state index contributed by atoms with van der Waals surface area (Å²) in [7, 11) is 1.79. The van der Waals surface area contributed by atoms with Crippen LogP contribution < -0.4 is 5.32 Å². The van der Waals surface area contributed by atoms with Crippen LogP contribution in [0.1, 0.15) is 16.2 Å². The van der Waals surface area contributed by atoms with E-state index in [-0.39, 0.29) is 5.91 Å². The van der Waals surface area contributed by atoms with Crippen molar-refractivity contribution in [1.82, 2.24) is 25.0 Å². The van der Waals surface area contributed by atoms with E-state index in [1.54, 1.807) is 36.3 Å². The zero-order valence-electron chi connectivity index (χ0n) is 11.7. The highest BCUT2D eigenvalue weighted by molar-refractivity contribution is 6.02. The maximum atomic E-state index is 12.1. The molecule has 0 saturated carbocycles. The molecule has 0 aliphatic carbocycles. The van der Waals surface area contributed by atoms with Crippen LogP contribution in [0.2, 0.25) is 0 Å². The van der Waals surface area contributed by atoms with E-state index in [1.807, 2.05) is 19.1 Å². The van der Waals surface area contributed by atoms with Crippen LogP contribution in [0, 0.1) is 6.92 Å². The van der Waals surface area contributed by atoms with Gasteiger partial charge in [-0.2, -0.15) is 10.2 Å². The Morgan fingerprint density at radius 1 is 1.29 bits per heavy atom. The molecule has 3 rings (SSSR count). The number of carbonyl (C=O) groups excluding carboxylic acids is 1. The summed E-state index contributed by atoms with van der Waals surface area (Å²) < 4.78 is 1.65. The molecule has 1 amide bonds. The van der Waals surface area contributed by atoms with Crippen LogP contribution in [0.25, 0.3) is 11.3 Å². The van der Waals surface area contributed by atoms with Gasteiger partial charge in [-0.3, -0.25) is 19.6 Å². The highest BCUT2D eigenvalue weighted by atomic mass is 16.2. The Balaban J connectivity index is 1.77. The number of rotatable bonds is 3. The van der Waals surface area contributed by atoms with E-state index in [2.05, 4.69) is 25.6 Å². The van der Waals surface area contributed by atoms with Gasteiger partial charge in [0.15, 0.2) is 11.5 Å². The van der Waals surface area contributed by atoms with Crippen LogP contribution in [0.3, 0.4) is 0 Å². The molecule has 3 heterocycles. The lowest BCUT2D eigenvalue weighted by Gasteiger charge is -1.97. The first-order valence-corrected chi connectivity index (χ1v) is 6.41. The number of aromatic nitrogens is 5. The van der Waals surface area contributed by atoms with E-state index in [0.29, 0.717) is 11.5 Å². The molecule has 7 heteroatoms. The largest absolute Gasteiger partial charge is 0.304 e. The molecule has 106 valence electrons. The zero-order valence-corrected chi connectivity index (χ0v) is 11.7. The van der Waals surface area contributed by atoms with Crippen molar-refractivity contribution in [2.45, 2.75) is 6.92 Å². The number of nitrogens with one attached hydrogen (secondary N) is 2. The fourth-order valence-corrected chi connectivity index (χ4v) is 1.92. The summed E-state index contributed by atoms with van der Waals surface area (Å²) in [6, 6.07) is 7.22. The van der Waals surface area contributed by atoms with E-state index < -0.39 is 0 Å². The van der Waals surface area contributed by atoms with Gasteiger partial charge in [-0.25, -0.2) is 0 Å². The van der Waals surface area contributed by atoms with Crippen molar-refractivity contribution >= 4 is 11.7 Å². The standard InChI is InChI=1S/C14H14N6O/c1-9-7-12(19-20(9)2)14(21)16-13-8-11(17-18-13)10-3-5-15-6-4-10/h3-8H,1-2H3,(H2,16,17,18,21). The van der Waals surface area contributed by atoms with Crippen LogP contribution in [0.4, 0.5) is 5.82 Å². The molecule has 21 heavy (non-hydrogen) atoms. The van der Waals surface area contributed by atoms with Crippen LogP contribution in [-0.4, -0.2) is 30.9 Å². The zero-order chi connectivity index (χ0) is 14.8. The van der Waals surface area contributed by atoms with Crippen molar-refractivity contribution in [2.75, 3.05) is 5.32 Å². The fraction of sp³-hybridized carbons (Fsp3) is 0.143. The minimum atomic E-state index is -0.286. The second kappa shape index (κ2) is 5.20. The average Bonchev–Trinajstić information content (AvgIpc) is 3.08. The number of anilines is 1. The van der Waals surface area contributed by atoms with Gasteiger partial charge in [-0.1, -0.05) is 0 Å². The third-order valence-corrected chi connectivity index (χ3v) is 3.16. The number of amides is 1. The third kappa shape index (κ3) is 2.66. The molecule has 0 fully saturated rings. The normalized spacial score (nSPS) is 10.6. The summed E-state index contributed by atoms with van der Waals surface area (Å²) in [4.78, 5) is 16.0. The Morgan fingerprint density at radius 2 is 2.05 bits per heavy atom. The number of hydrogen-bond donors (Lipinski definition) is 2. The van der Waals surface area contributed by atoms with Crippen LogP contribution in [0.15, 0.2) is 36.7 Å². The van der Waals surface area contributed by atoms with Gasteiger partial charge in [0.05, 0.1) is 5.69 Å². The lowest BCUT2D eigenvalue weighted by molar-refractivity contribution is 0.102. The second-order valence-corrected chi connectivity index (χ2v) is 4.65. The molecule has 0 atom stereocenters. The molecule has 3 aromatic rings. The first-order chi connectivity index (χ1) is 10.1. The predicted molar refractivity (Wildman–Crippen MR) is 77.7 cm³/mol. The molecule has 2 N–H and O–H groups in total. The van der Waals surface area contributed by atoms with E-state index >= 15 is 0 Å². The maximum absolute atomic E-state index is 12.1. The van der Waals surface area contributed by atoms with E-state index in [4.69, 9.17) is 0 Å². The number of aromatic amines is 1. The molecule has 0 aliphatic heterocycles. The van der Waals surface area contributed by atoms with Crippen LogP contribution in [-0.2, 0) is 7.05 Å². The van der Waals surface area contributed by atoms with Crippen LogP contribution in [0.5, 0.6) is 0 Å². The minimum Gasteiger partial charge on any atom is -0.304 e. The van der Waals surface area contributed by atoms with Crippen molar-refractivity contribution in [3.63, 3.8) is 0 Å². The number of nitrogens with zero attached hydrogens (tertiary/aromatic N) is 4. The summed E-state index contributed by atoms with van der Waals surface area (Å²) in [6.45, 7) is 1.89. The molecule has 0 bridgehead atoms. The van der Waals surface area contributed by atoms with E-state index in [0.717, 1.165) is 17.0 Å². The Morgan fingerprint density at radius 3 is 2.71 bits per heavy atom. The Labute approximate surface area is 121 Å². The molecule has 7 nitrogen and oxygen atoms in total. The number of aryl methyl sites for hydroxylation is 2. The van der Waals surface area contributed by atoms with Gasteiger partial charge < -0.3 is 5.32 Å². The molecule has 0 aromatic carbocycles. The number of hydrogen-bond acceptors (Lipinski definition) is 4. The van der Waals surface area contributed by atoms with Gasteiger partial charge in [0, 0.05) is 36.8 Å². The number of pyridine rings is 1. The molecule has 0 unspecified atom stereocenters. The monoisotopic (exact) mass is 282 g/mol. The van der Waals surface area contributed by atoms with Gasteiger partial charge in [-0.05, 0) is 25.1 Å². The summed E-state index contributed by atoms with van der Waals surface area (Å²) in [6.07, 6.45) is 3.40. The van der Waals surface area contributed by atoms with Crippen molar-refractivity contribution in [3.05, 3.63) is 48.0 Å². The molecule has 0 aliphatic rings. The fourth-order valence-electron chi connectivity index (χ4n) is 1.92. The van der Waals surface area contributed by atoms with Crippen molar-refractivity contribution in [2.24, 2.45) is 7.05 Å². The third-order valence-electron chi connectivity index (χ3n) is 3.16. The molecule has 0 radical (unpaired) electrons. The minimum absolute atomic E-state index is 0.286. The SMILES string of the molecule is Cc1cc(C(=O)Nc2cc(-c3ccncc3)[nH]n2)nn1C. The van der Waals surface area contributed by atoms with Gasteiger partial charge in [0.25, 0.3) is 5.91 Å². The lowest BCUT2D eigenvalue weighted by atomic mass is 10.2. The quantitative estimate of drug-likeness (QED) is 0.766. The molecular formula is C14H14N6O. The van der Waals surface area contributed by atoms with E-state index in [1.165, 1.54) is 0 Å². The van der Waals surface area contributed by atoms with Gasteiger partial charge >= 0.3 is 0 Å². The molecule has 0 saturated heterocycles. The Bertz CT molecular complexity index is 754. The topological polar surface area (TPSA) is 88.5 Å². The predicted octanol–water partition coefficient (Wildman–Crippen LogP) is 1.77. The van der Waals surface area contributed by atoms with E-state index in [9.17, 15) is 4.79 Å². The number of H-pyrrole nitrogens is 1. The smallest absolute Gasteiger partial charge is 0.277 e. The Hall–Kier alpha value is -2.96. The van der Waals surface area contributed by atoms with Gasteiger partial charge in [-0.15, -0.1) is 0 Å². The van der Waals surface area contributed by atoms with Crippen molar-refractivity contribution in [3.8, 4) is 11.3 Å². The summed E-state index contributed by atoms with van der Waals surface area (Å²) in [5.41, 5.74) is 3.04. The van der Waals surface area contributed by atoms with Gasteiger partial charge in [0.1, 0.15) is 0 Å². The molecule has 0 spiro atoms. The first kappa shape index (κ1) is 13.0. The van der Waals surface area contributed by atoms with Crippen molar-refractivity contribution < 1.29 is 4.79 Å². The second-order valence-electron chi connectivity index (χ2n) is 4.65. The molecule has 3 aromatic heterocycles. The number of carbonyl (C=O) groups is 1. The lowest BCUT2D eigenvalue weighted by Crippen LogP contribution is -2.13. The summed E-state index contributed by atoms with van der Waals surface area (Å²) in [5, 5.41) is 13.8.